The number of benzene rings is 2. The molecular weight excluding hydrogens is 411 g/mol. The molecule has 1 amide bonds. The van der Waals surface area contributed by atoms with Gasteiger partial charge in [0, 0.05) is 38.1 Å². The molecular formula is C21H20Cl2N4O2. The minimum absolute atomic E-state index is 0.0518. The van der Waals surface area contributed by atoms with E-state index in [9.17, 15) is 9.59 Å². The third-order valence-electron chi connectivity index (χ3n) is 5.20. The van der Waals surface area contributed by atoms with Crippen LogP contribution in [0.5, 0.6) is 0 Å². The molecule has 0 unspecified atom stereocenters. The van der Waals surface area contributed by atoms with Crippen molar-refractivity contribution in [1.82, 2.24) is 19.6 Å². The second-order valence-electron chi connectivity index (χ2n) is 7.06. The zero-order chi connectivity index (χ0) is 20.4. The highest BCUT2D eigenvalue weighted by atomic mass is 35.5. The molecule has 1 saturated heterocycles. The van der Waals surface area contributed by atoms with Crippen LogP contribution < -0.4 is 5.56 Å². The lowest BCUT2D eigenvalue weighted by Gasteiger charge is -2.35. The fraction of sp³-hybridized carbons (Fsp3) is 0.286. The minimum atomic E-state index is -0.245. The van der Waals surface area contributed by atoms with Gasteiger partial charge >= 0.3 is 0 Å². The molecule has 6 nitrogen and oxygen atoms in total. The largest absolute Gasteiger partial charge is 0.339 e. The molecule has 3 aromatic rings. The SMILES string of the molecule is O=C(Cn1ncc2ccccc2c1=O)N1CCN(Cc2cccc(Cl)c2Cl)CC1. The summed E-state index contributed by atoms with van der Waals surface area (Å²) < 4.78 is 1.24. The van der Waals surface area contributed by atoms with Gasteiger partial charge in [0.15, 0.2) is 0 Å². The van der Waals surface area contributed by atoms with E-state index in [1.54, 1.807) is 29.3 Å². The fourth-order valence-corrected chi connectivity index (χ4v) is 3.92. The second kappa shape index (κ2) is 8.53. The molecule has 0 bridgehead atoms. The maximum Gasteiger partial charge on any atom is 0.275 e. The normalized spacial score (nSPS) is 15.0. The quantitative estimate of drug-likeness (QED) is 0.637. The van der Waals surface area contributed by atoms with Crippen molar-refractivity contribution < 1.29 is 4.79 Å². The smallest absolute Gasteiger partial charge is 0.275 e. The van der Waals surface area contributed by atoms with E-state index in [4.69, 9.17) is 23.2 Å². The maximum atomic E-state index is 12.7. The predicted molar refractivity (Wildman–Crippen MR) is 114 cm³/mol. The monoisotopic (exact) mass is 430 g/mol. The number of aromatic nitrogens is 2. The summed E-state index contributed by atoms with van der Waals surface area (Å²) in [5.74, 6) is -0.102. The van der Waals surface area contributed by atoms with Gasteiger partial charge in [0.2, 0.25) is 5.91 Å². The number of hydrogen-bond donors (Lipinski definition) is 0. The Balaban J connectivity index is 1.38. The van der Waals surface area contributed by atoms with E-state index < -0.39 is 0 Å². The molecule has 29 heavy (non-hydrogen) atoms. The fourth-order valence-electron chi connectivity index (χ4n) is 3.54. The van der Waals surface area contributed by atoms with Gasteiger partial charge in [0.25, 0.3) is 5.56 Å². The molecule has 1 aromatic heterocycles. The summed E-state index contributed by atoms with van der Waals surface area (Å²) in [6.45, 7) is 3.29. The van der Waals surface area contributed by atoms with Crippen LogP contribution in [0.1, 0.15) is 5.56 Å². The third-order valence-corrected chi connectivity index (χ3v) is 6.06. The molecule has 0 N–H and O–H groups in total. The van der Waals surface area contributed by atoms with Gasteiger partial charge in [0.05, 0.1) is 21.6 Å². The molecule has 1 aliphatic heterocycles. The first-order valence-electron chi connectivity index (χ1n) is 9.41. The molecule has 0 saturated carbocycles. The number of nitrogens with zero attached hydrogens (tertiary/aromatic N) is 4. The van der Waals surface area contributed by atoms with Crippen molar-refractivity contribution in [3.8, 4) is 0 Å². The Morgan fingerprint density at radius 1 is 1.00 bits per heavy atom. The van der Waals surface area contributed by atoms with Gasteiger partial charge in [-0.05, 0) is 17.7 Å². The number of halogens is 2. The van der Waals surface area contributed by atoms with E-state index in [-0.39, 0.29) is 18.0 Å². The maximum absolute atomic E-state index is 12.7. The summed E-state index contributed by atoms with van der Waals surface area (Å²) in [5.41, 5.74) is 0.733. The highest BCUT2D eigenvalue weighted by Gasteiger charge is 2.22. The van der Waals surface area contributed by atoms with Crippen molar-refractivity contribution in [2.24, 2.45) is 0 Å². The molecule has 0 spiro atoms. The Kier molecular flexibility index (Phi) is 5.85. The van der Waals surface area contributed by atoms with Gasteiger partial charge < -0.3 is 4.90 Å². The standard InChI is InChI=1S/C21H20Cl2N4O2/c22-18-7-3-5-16(20(18)23)13-25-8-10-26(11-9-25)19(28)14-27-21(29)17-6-2-1-4-15(17)12-24-27/h1-7,12H,8-11,13-14H2. The van der Waals surface area contributed by atoms with Crippen LogP contribution in [-0.2, 0) is 17.9 Å². The molecule has 0 radical (unpaired) electrons. The van der Waals surface area contributed by atoms with Crippen LogP contribution in [0.4, 0.5) is 0 Å². The van der Waals surface area contributed by atoms with Crippen LogP contribution in [0.25, 0.3) is 10.8 Å². The molecule has 0 aliphatic carbocycles. The van der Waals surface area contributed by atoms with Gasteiger partial charge in [-0.2, -0.15) is 5.10 Å². The first-order chi connectivity index (χ1) is 14.0. The summed E-state index contributed by atoms with van der Waals surface area (Å²) >= 11 is 12.4. The van der Waals surface area contributed by atoms with Crippen molar-refractivity contribution in [3.63, 3.8) is 0 Å². The second-order valence-corrected chi connectivity index (χ2v) is 7.85. The van der Waals surface area contributed by atoms with Crippen molar-refractivity contribution in [3.05, 3.63) is 74.6 Å². The minimum Gasteiger partial charge on any atom is -0.339 e. The van der Waals surface area contributed by atoms with Crippen molar-refractivity contribution in [2.75, 3.05) is 26.2 Å². The summed E-state index contributed by atoms with van der Waals surface area (Å²) in [6.07, 6.45) is 1.62. The number of rotatable bonds is 4. The van der Waals surface area contributed by atoms with E-state index in [1.807, 2.05) is 24.3 Å². The van der Waals surface area contributed by atoms with E-state index in [0.717, 1.165) is 24.0 Å². The Hall–Kier alpha value is -2.41. The Bertz CT molecular complexity index is 1110. The van der Waals surface area contributed by atoms with Crippen LogP contribution in [-0.4, -0.2) is 51.7 Å². The number of carbonyl (C=O) groups is 1. The Labute approximate surface area is 178 Å². The van der Waals surface area contributed by atoms with Crippen LogP contribution in [0.15, 0.2) is 53.5 Å². The summed E-state index contributed by atoms with van der Waals surface area (Å²) in [6, 6.07) is 12.9. The lowest BCUT2D eigenvalue weighted by molar-refractivity contribution is -0.133. The lowest BCUT2D eigenvalue weighted by atomic mass is 10.2. The summed E-state index contributed by atoms with van der Waals surface area (Å²) in [7, 11) is 0. The molecule has 1 aliphatic rings. The van der Waals surface area contributed by atoms with Gasteiger partial charge in [-0.1, -0.05) is 53.5 Å². The van der Waals surface area contributed by atoms with E-state index in [0.29, 0.717) is 35.1 Å². The number of amides is 1. The van der Waals surface area contributed by atoms with Crippen LogP contribution in [0.3, 0.4) is 0 Å². The zero-order valence-electron chi connectivity index (χ0n) is 15.7. The molecule has 150 valence electrons. The molecule has 4 rings (SSSR count). The van der Waals surface area contributed by atoms with Gasteiger partial charge in [-0.25, -0.2) is 4.68 Å². The highest BCUT2D eigenvalue weighted by molar-refractivity contribution is 6.42. The Morgan fingerprint density at radius 2 is 1.76 bits per heavy atom. The Morgan fingerprint density at radius 3 is 2.55 bits per heavy atom. The van der Waals surface area contributed by atoms with Gasteiger partial charge in [0.1, 0.15) is 6.54 Å². The van der Waals surface area contributed by atoms with E-state index in [1.165, 1.54) is 4.68 Å². The number of carbonyl (C=O) groups excluding carboxylic acids is 1. The van der Waals surface area contributed by atoms with Crippen molar-refractivity contribution in [2.45, 2.75) is 13.1 Å². The molecule has 2 aromatic carbocycles. The molecule has 1 fully saturated rings. The first kappa shape index (κ1) is 19.9. The predicted octanol–water partition coefficient (Wildman–Crippen LogP) is 3.05. The highest BCUT2D eigenvalue weighted by Crippen LogP contribution is 2.26. The average molecular weight is 431 g/mol. The first-order valence-corrected chi connectivity index (χ1v) is 10.2. The van der Waals surface area contributed by atoms with Crippen LogP contribution >= 0.6 is 23.2 Å². The third kappa shape index (κ3) is 4.29. The number of fused-ring (bicyclic) bond motifs is 1. The zero-order valence-corrected chi connectivity index (χ0v) is 17.2. The number of piperazine rings is 1. The van der Waals surface area contributed by atoms with Gasteiger partial charge in [-0.3, -0.25) is 14.5 Å². The summed E-state index contributed by atoms with van der Waals surface area (Å²) in [4.78, 5) is 29.3. The van der Waals surface area contributed by atoms with Crippen LogP contribution in [0.2, 0.25) is 10.0 Å². The topological polar surface area (TPSA) is 58.4 Å². The van der Waals surface area contributed by atoms with Crippen molar-refractivity contribution >= 4 is 39.9 Å². The lowest BCUT2D eigenvalue weighted by Crippen LogP contribution is -2.49. The number of hydrogen-bond acceptors (Lipinski definition) is 4. The molecule has 2 heterocycles. The molecule has 8 heteroatoms. The molecule has 0 atom stereocenters. The van der Waals surface area contributed by atoms with E-state index >= 15 is 0 Å². The van der Waals surface area contributed by atoms with E-state index in [2.05, 4.69) is 10.00 Å². The average Bonchev–Trinajstić information content (AvgIpc) is 2.74. The van der Waals surface area contributed by atoms with Gasteiger partial charge in [-0.15, -0.1) is 0 Å². The van der Waals surface area contributed by atoms with Crippen LogP contribution in [0, 0.1) is 0 Å². The van der Waals surface area contributed by atoms with Crippen molar-refractivity contribution in [1.29, 1.82) is 0 Å². The summed E-state index contributed by atoms with van der Waals surface area (Å²) in [5, 5.41) is 6.62.